The number of hydroxylamine groups is 2. The lowest BCUT2D eigenvalue weighted by Gasteiger charge is -2.39. The van der Waals surface area contributed by atoms with E-state index in [4.69, 9.17) is 21.8 Å². The predicted octanol–water partition coefficient (Wildman–Crippen LogP) is 3.61. The number of carbonyl (C=O) groups excluding carboxylic acids is 2. The van der Waals surface area contributed by atoms with Gasteiger partial charge in [-0.1, -0.05) is 54.3 Å². The van der Waals surface area contributed by atoms with Crippen LogP contribution in [-0.4, -0.2) is 57.3 Å². The first kappa shape index (κ1) is 22.3. The number of fused-ring (bicyclic) bond motifs is 1. The summed E-state index contributed by atoms with van der Waals surface area (Å²) in [6.07, 6.45) is -0.888. The van der Waals surface area contributed by atoms with Crippen LogP contribution in [0.25, 0.3) is 0 Å². The maximum Gasteiger partial charge on any atom is 0.265 e. The van der Waals surface area contributed by atoms with Crippen molar-refractivity contribution in [2.75, 3.05) is 19.1 Å². The average Bonchev–Trinajstić information content (AvgIpc) is 3.39. The molecular formula is C24H25N3O4S2. The zero-order valence-electron chi connectivity index (χ0n) is 18.8. The number of imide groups is 1. The van der Waals surface area contributed by atoms with Crippen LogP contribution in [0.15, 0.2) is 54.6 Å². The molecule has 3 aliphatic heterocycles. The number of nitrogens with zero attached hydrogens (tertiary/aromatic N) is 3. The van der Waals surface area contributed by atoms with Crippen molar-refractivity contribution in [3.8, 4) is 5.75 Å². The Morgan fingerprint density at radius 2 is 1.70 bits per heavy atom. The molecule has 5 rings (SSSR count). The van der Waals surface area contributed by atoms with Gasteiger partial charge in [-0.2, -0.15) is 5.06 Å². The lowest BCUT2D eigenvalue weighted by molar-refractivity contribution is -0.188. The van der Waals surface area contributed by atoms with Gasteiger partial charge >= 0.3 is 0 Å². The van der Waals surface area contributed by atoms with E-state index in [1.165, 1.54) is 16.7 Å². The lowest BCUT2D eigenvalue weighted by Crippen LogP contribution is -2.51. The number of rotatable bonds is 4. The van der Waals surface area contributed by atoms with Gasteiger partial charge in [0.25, 0.3) is 5.91 Å². The molecule has 172 valence electrons. The normalized spacial score (nSPS) is 29.2. The minimum Gasteiger partial charge on any atom is -0.497 e. The molecule has 3 heterocycles. The largest absolute Gasteiger partial charge is 0.497 e. The van der Waals surface area contributed by atoms with Gasteiger partial charge in [-0.25, -0.2) is 4.90 Å². The van der Waals surface area contributed by atoms with E-state index in [9.17, 15) is 9.59 Å². The van der Waals surface area contributed by atoms with Crippen LogP contribution >= 0.6 is 24.0 Å². The van der Waals surface area contributed by atoms with Crippen LogP contribution in [0, 0.1) is 5.92 Å². The highest BCUT2D eigenvalue weighted by atomic mass is 32.2. The van der Waals surface area contributed by atoms with Crippen LogP contribution in [-0.2, 0) is 14.4 Å². The van der Waals surface area contributed by atoms with Gasteiger partial charge in [-0.15, -0.1) is 0 Å². The van der Waals surface area contributed by atoms with Gasteiger partial charge in [-0.3, -0.25) is 14.4 Å². The summed E-state index contributed by atoms with van der Waals surface area (Å²) in [7, 11) is 3.54. The van der Waals surface area contributed by atoms with Crippen LogP contribution in [0.2, 0.25) is 0 Å². The highest BCUT2D eigenvalue weighted by molar-refractivity contribution is 8.23. The Labute approximate surface area is 202 Å². The monoisotopic (exact) mass is 483 g/mol. The molecule has 4 atom stereocenters. The van der Waals surface area contributed by atoms with Gasteiger partial charge in [0.1, 0.15) is 15.4 Å². The average molecular weight is 484 g/mol. The second-order valence-corrected chi connectivity index (χ2v) is 10.6. The minimum absolute atomic E-state index is 0.180. The quantitative estimate of drug-likeness (QED) is 0.483. The number of carbonyl (C=O) groups is 2. The Morgan fingerprint density at radius 1 is 1.03 bits per heavy atom. The molecule has 0 radical (unpaired) electrons. The third-order valence-corrected chi connectivity index (χ3v) is 8.85. The molecule has 0 saturated carbocycles. The summed E-state index contributed by atoms with van der Waals surface area (Å²) in [6.45, 7) is 4.19. The standard InChI is InChI=1S/C24H25N3O4S2/c1-24(2)22(33-23(32)25(24)3)27-18(14-8-6-5-7-9-14)17-19(31-27)21(29)26(20(17)28)15-10-12-16(30-4)13-11-15/h5-13,17-19,22H,1-4H3/t17-,18-,19-,22+/m1/s1. The van der Waals surface area contributed by atoms with Crippen molar-refractivity contribution in [1.29, 1.82) is 0 Å². The van der Waals surface area contributed by atoms with Crippen LogP contribution in [0.1, 0.15) is 25.5 Å². The molecule has 0 N–H and O–H groups in total. The molecule has 2 aromatic rings. The summed E-state index contributed by atoms with van der Waals surface area (Å²) >= 11 is 7.09. The number of thioether (sulfide) groups is 1. The van der Waals surface area contributed by atoms with Crippen LogP contribution < -0.4 is 9.64 Å². The Kier molecular flexibility index (Phi) is 5.48. The molecule has 0 unspecified atom stereocenters. The Hall–Kier alpha value is -2.46. The molecule has 0 spiro atoms. The number of benzene rings is 2. The number of ether oxygens (including phenoxy) is 1. The fraction of sp³-hybridized carbons (Fsp3) is 0.375. The molecule has 3 aliphatic rings. The maximum atomic E-state index is 13.7. The molecule has 0 bridgehead atoms. The summed E-state index contributed by atoms with van der Waals surface area (Å²) in [5.74, 6) is -0.611. The number of hydrogen-bond donors (Lipinski definition) is 0. The highest BCUT2D eigenvalue weighted by Crippen LogP contribution is 2.52. The van der Waals surface area contributed by atoms with Gasteiger partial charge in [0.15, 0.2) is 6.10 Å². The van der Waals surface area contributed by atoms with E-state index in [2.05, 4.69) is 13.8 Å². The molecule has 3 saturated heterocycles. The third kappa shape index (κ3) is 3.37. The van der Waals surface area contributed by atoms with Gasteiger partial charge in [0.2, 0.25) is 5.91 Å². The van der Waals surface area contributed by atoms with E-state index < -0.39 is 18.1 Å². The molecule has 2 amide bonds. The van der Waals surface area contributed by atoms with Crippen LogP contribution in [0.4, 0.5) is 5.69 Å². The van der Waals surface area contributed by atoms with E-state index in [1.807, 2.05) is 47.3 Å². The van der Waals surface area contributed by atoms with Crippen molar-refractivity contribution in [1.82, 2.24) is 9.96 Å². The summed E-state index contributed by atoms with van der Waals surface area (Å²) < 4.78 is 5.97. The summed E-state index contributed by atoms with van der Waals surface area (Å²) in [5.41, 5.74) is 1.09. The fourth-order valence-corrected chi connectivity index (χ4v) is 6.53. The zero-order valence-corrected chi connectivity index (χ0v) is 20.4. The first-order valence-corrected chi connectivity index (χ1v) is 12.0. The molecule has 3 fully saturated rings. The van der Waals surface area contributed by atoms with Crippen molar-refractivity contribution in [2.24, 2.45) is 5.92 Å². The molecule has 0 aliphatic carbocycles. The number of thiocarbonyl (C=S) groups is 1. The lowest BCUT2D eigenvalue weighted by atomic mass is 9.90. The number of hydrogen-bond acceptors (Lipinski definition) is 7. The van der Waals surface area contributed by atoms with Crippen molar-refractivity contribution in [2.45, 2.75) is 36.9 Å². The Morgan fingerprint density at radius 3 is 2.27 bits per heavy atom. The van der Waals surface area contributed by atoms with E-state index in [-0.39, 0.29) is 22.7 Å². The van der Waals surface area contributed by atoms with Gasteiger partial charge in [0.05, 0.1) is 30.3 Å². The van der Waals surface area contributed by atoms with Crippen molar-refractivity contribution >= 4 is 45.8 Å². The van der Waals surface area contributed by atoms with Gasteiger partial charge in [0, 0.05) is 7.05 Å². The Bertz CT molecular complexity index is 1110. The molecule has 0 aromatic heterocycles. The number of anilines is 1. The minimum atomic E-state index is -0.888. The molecular weight excluding hydrogens is 458 g/mol. The van der Waals surface area contributed by atoms with Crippen LogP contribution in [0.5, 0.6) is 5.75 Å². The first-order chi connectivity index (χ1) is 15.8. The van der Waals surface area contributed by atoms with E-state index in [0.717, 1.165) is 9.88 Å². The van der Waals surface area contributed by atoms with Gasteiger partial charge < -0.3 is 9.64 Å². The van der Waals surface area contributed by atoms with Crippen molar-refractivity contribution in [3.63, 3.8) is 0 Å². The first-order valence-electron chi connectivity index (χ1n) is 10.7. The number of amides is 2. The molecule has 33 heavy (non-hydrogen) atoms. The number of likely N-dealkylation sites (N-methyl/N-ethyl adjacent to an activating group) is 1. The molecule has 7 nitrogen and oxygen atoms in total. The topological polar surface area (TPSA) is 62.3 Å². The maximum absolute atomic E-state index is 13.7. The van der Waals surface area contributed by atoms with E-state index in [0.29, 0.717) is 11.4 Å². The molecule has 9 heteroatoms. The SMILES string of the molecule is COc1ccc(N2C(=O)[C@@H]3[C@@H](c4ccccc4)N([C@H]4SC(=S)N(C)C4(C)C)O[C@H]3C2=O)cc1. The van der Waals surface area contributed by atoms with E-state index >= 15 is 0 Å². The second-order valence-electron chi connectivity index (χ2n) is 8.93. The Balaban J connectivity index is 1.54. The van der Waals surface area contributed by atoms with Crippen LogP contribution in [0.3, 0.4) is 0 Å². The van der Waals surface area contributed by atoms with Gasteiger partial charge in [-0.05, 0) is 43.7 Å². The number of methoxy groups -OCH3 is 1. The highest BCUT2D eigenvalue weighted by Gasteiger charge is 2.63. The third-order valence-electron chi connectivity index (χ3n) is 6.80. The van der Waals surface area contributed by atoms with Crippen molar-refractivity contribution < 1.29 is 19.2 Å². The smallest absolute Gasteiger partial charge is 0.265 e. The second kappa shape index (κ2) is 8.09. The van der Waals surface area contributed by atoms with E-state index in [1.54, 1.807) is 31.4 Å². The predicted molar refractivity (Wildman–Crippen MR) is 131 cm³/mol. The van der Waals surface area contributed by atoms with Crippen molar-refractivity contribution in [3.05, 3.63) is 60.2 Å². The zero-order chi connectivity index (χ0) is 23.5. The molecule has 2 aromatic carbocycles. The summed E-state index contributed by atoms with van der Waals surface area (Å²) in [4.78, 5) is 36.8. The fourth-order valence-electron chi connectivity index (χ4n) is 4.71. The summed E-state index contributed by atoms with van der Waals surface area (Å²) in [6, 6.07) is 16.3. The summed E-state index contributed by atoms with van der Waals surface area (Å²) in [5, 5.41) is 1.66.